The van der Waals surface area contributed by atoms with E-state index in [1.54, 1.807) is 0 Å². The molecule has 0 aliphatic heterocycles. The first-order chi connectivity index (χ1) is 10.2. The van der Waals surface area contributed by atoms with Crippen LogP contribution in [0.3, 0.4) is 0 Å². The number of aromatic nitrogens is 1. The van der Waals surface area contributed by atoms with Crippen LogP contribution in [0.2, 0.25) is 0 Å². The van der Waals surface area contributed by atoms with Gasteiger partial charge in [0.1, 0.15) is 0 Å². The van der Waals surface area contributed by atoms with Crippen LogP contribution in [0, 0.1) is 0 Å². The van der Waals surface area contributed by atoms with Crippen molar-refractivity contribution in [1.82, 2.24) is 9.30 Å². The zero-order valence-electron chi connectivity index (χ0n) is 12.5. The summed E-state index contributed by atoms with van der Waals surface area (Å²) in [6.45, 7) is 0.985. The van der Waals surface area contributed by atoms with Gasteiger partial charge in [-0.05, 0) is 43.4 Å². The Hall–Kier alpha value is -2.10. The molecule has 0 saturated carbocycles. The topological polar surface area (TPSA) is 27.9 Å². The number of fused-ring (bicyclic) bond motifs is 1. The zero-order chi connectivity index (χ0) is 14.8. The quantitative estimate of drug-likeness (QED) is 0.795. The molecule has 2 heterocycles. The molecular weight excluding hydrogens is 260 g/mol. The van der Waals surface area contributed by atoms with Crippen LogP contribution in [0.15, 0.2) is 54.7 Å². The Labute approximate surface area is 125 Å². The Morgan fingerprint density at radius 1 is 1.05 bits per heavy atom. The van der Waals surface area contributed by atoms with Crippen molar-refractivity contribution in [3.63, 3.8) is 0 Å². The van der Waals surface area contributed by atoms with Crippen LogP contribution >= 0.6 is 0 Å². The number of nitrogens with zero attached hydrogens (tertiary/aromatic N) is 2. The lowest BCUT2D eigenvalue weighted by atomic mass is 10.1. The molecule has 21 heavy (non-hydrogen) atoms. The molecule has 1 aromatic carbocycles. The molecule has 0 bridgehead atoms. The predicted octanol–water partition coefficient (Wildman–Crippen LogP) is 3.16. The monoisotopic (exact) mass is 280 g/mol. The van der Waals surface area contributed by atoms with Crippen LogP contribution in [-0.2, 0) is 13.2 Å². The van der Waals surface area contributed by atoms with Gasteiger partial charge in [-0.15, -0.1) is 0 Å². The van der Waals surface area contributed by atoms with E-state index in [9.17, 15) is 5.11 Å². The summed E-state index contributed by atoms with van der Waals surface area (Å²) in [6.07, 6.45) is 2.04. The van der Waals surface area contributed by atoms with Crippen LogP contribution in [0.4, 0.5) is 0 Å². The summed E-state index contributed by atoms with van der Waals surface area (Å²) in [5, 5.41) is 9.63. The van der Waals surface area contributed by atoms with Gasteiger partial charge in [-0.25, -0.2) is 0 Å². The standard InChI is InChI=1S/C18H20N2O/c1-19(2)12-14-6-8-15(9-7-14)18-16(13-21)11-17-5-3-4-10-20(17)18/h3-11,21H,12-13H2,1-2H3. The molecule has 0 radical (unpaired) electrons. The molecule has 0 aliphatic carbocycles. The van der Waals surface area contributed by atoms with Crippen molar-refractivity contribution in [2.75, 3.05) is 14.1 Å². The highest BCUT2D eigenvalue weighted by molar-refractivity contribution is 5.71. The van der Waals surface area contributed by atoms with Gasteiger partial charge in [0.15, 0.2) is 0 Å². The smallest absolute Gasteiger partial charge is 0.0703 e. The molecule has 0 atom stereocenters. The molecule has 0 unspecified atom stereocenters. The fraction of sp³-hybridized carbons (Fsp3) is 0.222. The maximum Gasteiger partial charge on any atom is 0.0703 e. The van der Waals surface area contributed by atoms with Crippen LogP contribution < -0.4 is 0 Å². The van der Waals surface area contributed by atoms with E-state index in [4.69, 9.17) is 0 Å². The van der Waals surface area contributed by atoms with E-state index >= 15 is 0 Å². The van der Waals surface area contributed by atoms with Crippen molar-refractivity contribution in [2.45, 2.75) is 13.2 Å². The summed E-state index contributed by atoms with van der Waals surface area (Å²) in [4.78, 5) is 2.15. The van der Waals surface area contributed by atoms with Gasteiger partial charge in [0, 0.05) is 23.8 Å². The SMILES string of the molecule is CN(C)Cc1ccc(-c2c(CO)cc3ccccn23)cc1. The minimum Gasteiger partial charge on any atom is -0.392 e. The van der Waals surface area contributed by atoms with Crippen molar-refractivity contribution >= 4 is 5.52 Å². The fourth-order valence-corrected chi connectivity index (χ4v) is 2.76. The van der Waals surface area contributed by atoms with E-state index in [1.807, 2.05) is 24.4 Å². The predicted molar refractivity (Wildman–Crippen MR) is 86.1 cm³/mol. The number of pyridine rings is 1. The largest absolute Gasteiger partial charge is 0.392 e. The average Bonchev–Trinajstić information content (AvgIpc) is 2.86. The summed E-state index contributed by atoms with van der Waals surface area (Å²) >= 11 is 0. The van der Waals surface area contributed by atoms with Crippen molar-refractivity contribution < 1.29 is 5.11 Å². The van der Waals surface area contributed by atoms with Gasteiger partial charge in [-0.1, -0.05) is 30.3 Å². The number of benzene rings is 1. The fourth-order valence-electron chi connectivity index (χ4n) is 2.76. The summed E-state index contributed by atoms with van der Waals surface area (Å²) < 4.78 is 2.13. The summed E-state index contributed by atoms with van der Waals surface area (Å²) in [6, 6.07) is 16.7. The van der Waals surface area contributed by atoms with Crippen LogP contribution in [0.5, 0.6) is 0 Å². The van der Waals surface area contributed by atoms with Crippen molar-refractivity contribution in [2.24, 2.45) is 0 Å². The Kier molecular flexibility index (Phi) is 3.78. The van der Waals surface area contributed by atoms with Gasteiger partial charge in [-0.2, -0.15) is 0 Å². The summed E-state index contributed by atoms with van der Waals surface area (Å²) in [5.41, 5.74) is 5.56. The Morgan fingerprint density at radius 2 is 1.81 bits per heavy atom. The molecule has 3 heteroatoms. The maximum atomic E-state index is 9.63. The van der Waals surface area contributed by atoms with Crippen LogP contribution in [0.1, 0.15) is 11.1 Å². The number of rotatable bonds is 4. The third kappa shape index (κ3) is 2.71. The molecule has 3 nitrogen and oxygen atoms in total. The van der Waals surface area contributed by atoms with Gasteiger partial charge >= 0.3 is 0 Å². The van der Waals surface area contributed by atoms with E-state index in [2.05, 4.69) is 53.7 Å². The highest BCUT2D eigenvalue weighted by atomic mass is 16.3. The normalized spacial score (nSPS) is 11.4. The molecule has 0 aliphatic rings. The summed E-state index contributed by atoms with van der Waals surface area (Å²) in [5.74, 6) is 0. The molecule has 3 rings (SSSR count). The van der Waals surface area contributed by atoms with Crippen molar-refractivity contribution in [3.05, 3.63) is 65.9 Å². The minimum absolute atomic E-state index is 0.0520. The molecule has 0 amide bonds. The molecule has 3 aromatic rings. The molecule has 0 spiro atoms. The van der Waals surface area contributed by atoms with Gasteiger partial charge < -0.3 is 14.4 Å². The first kappa shape index (κ1) is 13.9. The van der Waals surface area contributed by atoms with Crippen molar-refractivity contribution in [3.8, 4) is 11.3 Å². The van der Waals surface area contributed by atoms with E-state index in [0.29, 0.717) is 0 Å². The first-order valence-electron chi connectivity index (χ1n) is 7.13. The van der Waals surface area contributed by atoms with E-state index in [1.165, 1.54) is 5.56 Å². The third-order valence-corrected chi connectivity index (χ3v) is 3.66. The molecule has 0 fully saturated rings. The van der Waals surface area contributed by atoms with E-state index in [-0.39, 0.29) is 6.61 Å². The van der Waals surface area contributed by atoms with E-state index in [0.717, 1.165) is 28.9 Å². The van der Waals surface area contributed by atoms with Crippen LogP contribution in [-0.4, -0.2) is 28.5 Å². The van der Waals surface area contributed by atoms with Crippen molar-refractivity contribution in [1.29, 1.82) is 0 Å². The first-order valence-corrected chi connectivity index (χ1v) is 7.13. The Morgan fingerprint density at radius 3 is 2.48 bits per heavy atom. The Bertz CT molecular complexity index is 742. The third-order valence-electron chi connectivity index (χ3n) is 3.66. The lowest BCUT2D eigenvalue weighted by molar-refractivity contribution is 0.282. The molecular formula is C18H20N2O. The molecule has 1 N–H and O–H groups in total. The van der Waals surface area contributed by atoms with Gasteiger partial charge in [0.2, 0.25) is 0 Å². The second kappa shape index (κ2) is 5.72. The average molecular weight is 280 g/mol. The second-order valence-electron chi connectivity index (χ2n) is 5.61. The summed E-state index contributed by atoms with van der Waals surface area (Å²) in [7, 11) is 4.14. The lowest BCUT2D eigenvalue weighted by Crippen LogP contribution is -2.10. The number of hydrogen-bond donors (Lipinski definition) is 1. The second-order valence-corrected chi connectivity index (χ2v) is 5.61. The lowest BCUT2D eigenvalue weighted by Gasteiger charge is -2.11. The zero-order valence-corrected chi connectivity index (χ0v) is 12.5. The number of aliphatic hydroxyl groups is 1. The highest BCUT2D eigenvalue weighted by Crippen LogP contribution is 2.28. The maximum absolute atomic E-state index is 9.63. The van der Waals surface area contributed by atoms with Gasteiger partial charge in [0.05, 0.1) is 12.3 Å². The number of hydrogen-bond acceptors (Lipinski definition) is 2. The van der Waals surface area contributed by atoms with Gasteiger partial charge in [-0.3, -0.25) is 0 Å². The minimum atomic E-state index is 0.0520. The number of aliphatic hydroxyl groups excluding tert-OH is 1. The van der Waals surface area contributed by atoms with Gasteiger partial charge in [0.25, 0.3) is 0 Å². The van der Waals surface area contributed by atoms with Crippen LogP contribution in [0.25, 0.3) is 16.8 Å². The molecule has 108 valence electrons. The molecule has 2 aromatic heterocycles. The van der Waals surface area contributed by atoms with E-state index < -0.39 is 0 Å². The highest BCUT2D eigenvalue weighted by Gasteiger charge is 2.11. The molecule has 0 saturated heterocycles. The Balaban J connectivity index is 2.07.